The lowest BCUT2D eigenvalue weighted by Gasteiger charge is -2.37. The van der Waals surface area contributed by atoms with Crippen molar-refractivity contribution in [2.45, 2.75) is 13.3 Å². The summed E-state index contributed by atoms with van der Waals surface area (Å²) in [6.07, 6.45) is 4.26. The first-order chi connectivity index (χ1) is 12.2. The molecule has 0 unspecified atom stereocenters. The molecule has 25 heavy (non-hydrogen) atoms. The van der Waals surface area contributed by atoms with Crippen LogP contribution >= 0.6 is 0 Å². The monoisotopic (exact) mass is 342 g/mol. The fraction of sp³-hybridized carbons (Fsp3) is 0.368. The molecule has 1 aliphatic heterocycles. The standard InChI is InChI=1S/C19H23FN4O/c1-2-7-22-19(25)15-12-16(14-21-13-15)23-8-10-24(11-9-23)18-6-4-3-5-17(18)20/h3-6,12-14H,2,7-11H2,1H3,(H,22,25). The van der Waals surface area contributed by atoms with Crippen LogP contribution in [0.25, 0.3) is 0 Å². The van der Waals surface area contributed by atoms with E-state index in [2.05, 4.69) is 20.1 Å². The summed E-state index contributed by atoms with van der Waals surface area (Å²) in [5.74, 6) is -0.284. The number of nitrogens with zero attached hydrogens (tertiary/aromatic N) is 3. The number of amides is 1. The number of aromatic nitrogens is 1. The Morgan fingerprint density at radius 3 is 2.60 bits per heavy atom. The van der Waals surface area contributed by atoms with Crippen LogP contribution < -0.4 is 15.1 Å². The summed E-state index contributed by atoms with van der Waals surface area (Å²) in [6, 6.07) is 8.73. The number of carbonyl (C=O) groups is 1. The molecule has 1 amide bonds. The third-order valence-electron chi connectivity index (χ3n) is 4.36. The Kier molecular flexibility index (Phi) is 5.48. The summed E-state index contributed by atoms with van der Waals surface area (Å²) in [5, 5.41) is 2.87. The van der Waals surface area contributed by atoms with Gasteiger partial charge in [0, 0.05) is 38.9 Å². The topological polar surface area (TPSA) is 48.5 Å². The van der Waals surface area contributed by atoms with Crippen molar-refractivity contribution in [3.63, 3.8) is 0 Å². The average Bonchev–Trinajstić information content (AvgIpc) is 2.67. The molecule has 0 bridgehead atoms. The number of piperazine rings is 1. The van der Waals surface area contributed by atoms with Crippen molar-refractivity contribution in [2.75, 3.05) is 42.5 Å². The van der Waals surface area contributed by atoms with E-state index in [9.17, 15) is 9.18 Å². The first kappa shape index (κ1) is 17.2. The second-order valence-corrected chi connectivity index (χ2v) is 6.11. The number of halogens is 1. The van der Waals surface area contributed by atoms with E-state index in [1.807, 2.05) is 25.1 Å². The number of hydrogen-bond acceptors (Lipinski definition) is 4. The molecule has 0 spiro atoms. The van der Waals surface area contributed by atoms with Crippen molar-refractivity contribution < 1.29 is 9.18 Å². The predicted octanol–water partition coefficient (Wildman–Crippen LogP) is 2.69. The van der Waals surface area contributed by atoms with Crippen molar-refractivity contribution in [3.8, 4) is 0 Å². The summed E-state index contributed by atoms with van der Waals surface area (Å²) in [7, 11) is 0. The van der Waals surface area contributed by atoms with Gasteiger partial charge in [-0.3, -0.25) is 9.78 Å². The second-order valence-electron chi connectivity index (χ2n) is 6.11. The van der Waals surface area contributed by atoms with Crippen molar-refractivity contribution in [3.05, 3.63) is 54.1 Å². The molecule has 2 heterocycles. The number of para-hydroxylation sites is 1. The molecule has 3 rings (SSSR count). The maximum Gasteiger partial charge on any atom is 0.252 e. The molecule has 1 N–H and O–H groups in total. The normalized spacial score (nSPS) is 14.5. The highest BCUT2D eigenvalue weighted by Gasteiger charge is 2.20. The van der Waals surface area contributed by atoms with Gasteiger partial charge in [0.25, 0.3) is 5.91 Å². The number of anilines is 2. The van der Waals surface area contributed by atoms with E-state index in [0.717, 1.165) is 38.3 Å². The minimum atomic E-state index is -0.188. The van der Waals surface area contributed by atoms with Crippen molar-refractivity contribution in [1.82, 2.24) is 10.3 Å². The van der Waals surface area contributed by atoms with E-state index in [-0.39, 0.29) is 11.7 Å². The third-order valence-corrected chi connectivity index (χ3v) is 4.36. The first-order valence-electron chi connectivity index (χ1n) is 8.66. The van der Waals surface area contributed by atoms with Crippen LogP contribution in [-0.2, 0) is 0 Å². The molecule has 2 aromatic rings. The molecule has 1 saturated heterocycles. The van der Waals surface area contributed by atoms with Gasteiger partial charge in [-0.15, -0.1) is 0 Å². The van der Waals surface area contributed by atoms with Crippen LogP contribution in [0.2, 0.25) is 0 Å². The van der Waals surface area contributed by atoms with Crippen LogP contribution in [0.15, 0.2) is 42.7 Å². The van der Waals surface area contributed by atoms with Crippen LogP contribution in [0.3, 0.4) is 0 Å². The summed E-state index contributed by atoms with van der Waals surface area (Å²) in [5.41, 5.74) is 2.15. The van der Waals surface area contributed by atoms with E-state index >= 15 is 0 Å². The van der Waals surface area contributed by atoms with E-state index in [1.165, 1.54) is 6.07 Å². The quantitative estimate of drug-likeness (QED) is 0.908. The van der Waals surface area contributed by atoms with E-state index < -0.39 is 0 Å². The van der Waals surface area contributed by atoms with Gasteiger partial charge < -0.3 is 15.1 Å². The molecular weight excluding hydrogens is 319 g/mol. The lowest BCUT2D eigenvalue weighted by atomic mass is 10.2. The predicted molar refractivity (Wildman–Crippen MR) is 97.7 cm³/mol. The van der Waals surface area contributed by atoms with Crippen LogP contribution in [0.5, 0.6) is 0 Å². The fourth-order valence-corrected chi connectivity index (χ4v) is 2.98. The molecule has 132 valence electrons. The number of rotatable bonds is 5. The molecule has 1 aromatic carbocycles. The summed E-state index contributed by atoms with van der Waals surface area (Å²) >= 11 is 0. The van der Waals surface area contributed by atoms with Crippen molar-refractivity contribution in [2.24, 2.45) is 0 Å². The number of nitrogens with one attached hydrogen (secondary N) is 1. The Balaban J connectivity index is 1.65. The van der Waals surface area contributed by atoms with Gasteiger partial charge in [0.1, 0.15) is 5.82 Å². The van der Waals surface area contributed by atoms with E-state index in [0.29, 0.717) is 17.8 Å². The van der Waals surface area contributed by atoms with E-state index in [4.69, 9.17) is 0 Å². The van der Waals surface area contributed by atoms with Crippen LogP contribution in [-0.4, -0.2) is 43.6 Å². The highest BCUT2D eigenvalue weighted by molar-refractivity contribution is 5.94. The third kappa shape index (κ3) is 4.07. The van der Waals surface area contributed by atoms with Crippen molar-refractivity contribution >= 4 is 17.3 Å². The maximum atomic E-state index is 13.9. The summed E-state index contributed by atoms with van der Waals surface area (Å²) in [4.78, 5) is 20.5. The van der Waals surface area contributed by atoms with Gasteiger partial charge in [-0.1, -0.05) is 19.1 Å². The Labute approximate surface area is 147 Å². The smallest absolute Gasteiger partial charge is 0.252 e. The number of pyridine rings is 1. The van der Waals surface area contributed by atoms with Crippen LogP contribution in [0.1, 0.15) is 23.7 Å². The fourth-order valence-electron chi connectivity index (χ4n) is 2.98. The molecule has 1 aliphatic rings. The lowest BCUT2D eigenvalue weighted by molar-refractivity contribution is 0.0953. The van der Waals surface area contributed by atoms with E-state index in [1.54, 1.807) is 18.5 Å². The van der Waals surface area contributed by atoms with Gasteiger partial charge in [-0.25, -0.2) is 4.39 Å². The van der Waals surface area contributed by atoms with Gasteiger partial charge >= 0.3 is 0 Å². The summed E-state index contributed by atoms with van der Waals surface area (Å²) < 4.78 is 13.9. The maximum absolute atomic E-state index is 13.9. The summed E-state index contributed by atoms with van der Waals surface area (Å²) in [6.45, 7) is 5.65. The highest BCUT2D eigenvalue weighted by atomic mass is 19.1. The zero-order valence-electron chi connectivity index (χ0n) is 14.4. The van der Waals surface area contributed by atoms with Gasteiger partial charge in [-0.05, 0) is 24.6 Å². The lowest BCUT2D eigenvalue weighted by Crippen LogP contribution is -2.47. The SMILES string of the molecule is CCCNC(=O)c1cncc(N2CCN(c3ccccc3F)CC2)c1. The molecule has 0 aliphatic carbocycles. The van der Waals surface area contributed by atoms with Gasteiger partial charge in [0.15, 0.2) is 0 Å². The van der Waals surface area contributed by atoms with Gasteiger partial charge in [0.05, 0.1) is 23.1 Å². The number of hydrogen-bond donors (Lipinski definition) is 1. The number of benzene rings is 1. The Bertz CT molecular complexity index is 729. The molecule has 6 heteroatoms. The van der Waals surface area contributed by atoms with Gasteiger partial charge in [0.2, 0.25) is 0 Å². The molecular formula is C19H23FN4O. The first-order valence-corrected chi connectivity index (χ1v) is 8.66. The minimum absolute atomic E-state index is 0.0961. The Hall–Kier alpha value is -2.63. The highest BCUT2D eigenvalue weighted by Crippen LogP contribution is 2.22. The minimum Gasteiger partial charge on any atom is -0.367 e. The second kappa shape index (κ2) is 7.96. The Morgan fingerprint density at radius 1 is 1.16 bits per heavy atom. The van der Waals surface area contributed by atoms with Crippen molar-refractivity contribution in [1.29, 1.82) is 0 Å². The molecule has 1 fully saturated rings. The van der Waals surface area contributed by atoms with Gasteiger partial charge in [-0.2, -0.15) is 0 Å². The molecule has 0 saturated carbocycles. The molecule has 5 nitrogen and oxygen atoms in total. The Morgan fingerprint density at radius 2 is 1.88 bits per heavy atom. The largest absolute Gasteiger partial charge is 0.367 e. The zero-order valence-corrected chi connectivity index (χ0v) is 14.4. The zero-order chi connectivity index (χ0) is 17.6. The molecule has 0 atom stereocenters. The van der Waals surface area contributed by atoms with Crippen LogP contribution in [0.4, 0.5) is 15.8 Å². The molecule has 1 aromatic heterocycles. The molecule has 0 radical (unpaired) electrons. The van der Waals surface area contributed by atoms with Crippen LogP contribution in [0, 0.1) is 5.82 Å². The average molecular weight is 342 g/mol. The number of carbonyl (C=O) groups excluding carboxylic acids is 1.